The number of hydrazone groups is 1. The molecular formula is C12H13N5. The molecule has 3 rings (SSSR count). The number of benzene rings is 1. The van der Waals surface area contributed by atoms with Crippen molar-refractivity contribution in [1.29, 1.82) is 0 Å². The number of rotatable bonds is 1. The Labute approximate surface area is 99.2 Å². The lowest BCUT2D eigenvalue weighted by Gasteiger charge is -2.30. The molecule has 2 aromatic rings. The van der Waals surface area contributed by atoms with Crippen LogP contribution in [0.15, 0.2) is 41.6 Å². The van der Waals surface area contributed by atoms with Gasteiger partial charge in [0.05, 0.1) is 6.20 Å². The summed E-state index contributed by atoms with van der Waals surface area (Å²) >= 11 is 0. The van der Waals surface area contributed by atoms with Gasteiger partial charge in [-0.05, 0) is 13.8 Å². The number of hydrogen-bond donors (Lipinski definition) is 1. The molecule has 0 radical (unpaired) electrons. The first kappa shape index (κ1) is 10.0. The number of fused-ring (bicyclic) bond motifs is 1. The first-order chi connectivity index (χ1) is 8.18. The van der Waals surface area contributed by atoms with Gasteiger partial charge in [0.1, 0.15) is 17.1 Å². The number of nitrogens with zero attached hydrogens (tertiary/aromatic N) is 4. The Morgan fingerprint density at radius 1 is 1.18 bits per heavy atom. The van der Waals surface area contributed by atoms with Crippen molar-refractivity contribution < 1.29 is 0 Å². The Hall–Kier alpha value is -2.17. The summed E-state index contributed by atoms with van der Waals surface area (Å²) in [5, 5.41) is 12.5. The van der Waals surface area contributed by atoms with Gasteiger partial charge in [0, 0.05) is 5.56 Å². The predicted octanol–water partition coefficient (Wildman–Crippen LogP) is 1.33. The first-order valence-electron chi connectivity index (χ1n) is 5.50. The molecule has 0 saturated carbocycles. The summed E-state index contributed by atoms with van der Waals surface area (Å²) in [6, 6.07) is 10.0. The largest absolute Gasteiger partial charge is 0.283 e. The van der Waals surface area contributed by atoms with Gasteiger partial charge < -0.3 is 0 Å². The molecule has 2 heterocycles. The zero-order valence-corrected chi connectivity index (χ0v) is 9.75. The van der Waals surface area contributed by atoms with Crippen LogP contribution in [0.1, 0.15) is 25.1 Å². The Bertz CT molecular complexity index is 568. The molecule has 0 atom stereocenters. The highest BCUT2D eigenvalue weighted by Crippen LogP contribution is 2.20. The molecule has 1 aromatic heterocycles. The van der Waals surface area contributed by atoms with E-state index in [4.69, 9.17) is 0 Å². The molecule has 0 fully saturated rings. The second-order valence-corrected chi connectivity index (χ2v) is 4.53. The maximum Gasteiger partial charge on any atom is 0.143 e. The molecular weight excluding hydrogens is 214 g/mol. The summed E-state index contributed by atoms with van der Waals surface area (Å²) < 4.78 is 1.85. The van der Waals surface area contributed by atoms with E-state index in [0.717, 1.165) is 17.0 Å². The van der Waals surface area contributed by atoms with Crippen LogP contribution in [0, 0.1) is 0 Å². The van der Waals surface area contributed by atoms with Crippen LogP contribution in [0.2, 0.25) is 0 Å². The van der Waals surface area contributed by atoms with Gasteiger partial charge in [-0.25, -0.2) is 4.68 Å². The quantitative estimate of drug-likeness (QED) is 0.799. The van der Waals surface area contributed by atoms with Gasteiger partial charge in [-0.1, -0.05) is 35.5 Å². The van der Waals surface area contributed by atoms with Gasteiger partial charge in [-0.15, -0.1) is 5.10 Å². The summed E-state index contributed by atoms with van der Waals surface area (Å²) in [5.74, 6) is 0. The van der Waals surface area contributed by atoms with Crippen molar-refractivity contribution in [3.05, 3.63) is 47.8 Å². The molecule has 0 unspecified atom stereocenters. The summed E-state index contributed by atoms with van der Waals surface area (Å²) in [7, 11) is 0. The third-order valence-corrected chi connectivity index (χ3v) is 2.81. The lowest BCUT2D eigenvalue weighted by Crippen LogP contribution is -2.45. The predicted molar refractivity (Wildman–Crippen MR) is 64.6 cm³/mol. The van der Waals surface area contributed by atoms with Crippen molar-refractivity contribution in [3.63, 3.8) is 0 Å². The van der Waals surface area contributed by atoms with E-state index in [1.165, 1.54) is 0 Å². The smallest absolute Gasteiger partial charge is 0.143 e. The maximum absolute atomic E-state index is 4.43. The summed E-state index contributed by atoms with van der Waals surface area (Å²) in [6.45, 7) is 4.02. The minimum Gasteiger partial charge on any atom is -0.283 e. The fourth-order valence-corrected chi connectivity index (χ4v) is 1.92. The van der Waals surface area contributed by atoms with Gasteiger partial charge in [0.15, 0.2) is 0 Å². The van der Waals surface area contributed by atoms with E-state index >= 15 is 0 Å². The van der Waals surface area contributed by atoms with Crippen LogP contribution in [0.5, 0.6) is 0 Å². The van der Waals surface area contributed by atoms with Crippen molar-refractivity contribution >= 4 is 5.71 Å². The topological polar surface area (TPSA) is 55.1 Å². The van der Waals surface area contributed by atoms with Crippen LogP contribution in [-0.4, -0.2) is 20.7 Å². The Morgan fingerprint density at radius 2 is 1.94 bits per heavy atom. The van der Waals surface area contributed by atoms with Crippen molar-refractivity contribution in [1.82, 2.24) is 20.4 Å². The van der Waals surface area contributed by atoms with E-state index in [9.17, 15) is 0 Å². The third-order valence-electron chi connectivity index (χ3n) is 2.81. The van der Waals surface area contributed by atoms with Gasteiger partial charge >= 0.3 is 0 Å². The molecule has 0 bridgehead atoms. The molecule has 0 spiro atoms. The number of aromatic nitrogens is 3. The number of nitrogens with one attached hydrogen (secondary N) is 1. The third kappa shape index (κ3) is 1.51. The van der Waals surface area contributed by atoms with Gasteiger partial charge in [0.25, 0.3) is 0 Å². The van der Waals surface area contributed by atoms with Crippen LogP contribution in [0.4, 0.5) is 0 Å². The maximum atomic E-state index is 4.43. The molecule has 86 valence electrons. The number of hydrogen-bond acceptors (Lipinski definition) is 4. The summed E-state index contributed by atoms with van der Waals surface area (Å²) in [6.07, 6.45) is 1.74. The fraction of sp³-hybridized carbons (Fsp3) is 0.250. The van der Waals surface area contributed by atoms with Crippen LogP contribution in [0.3, 0.4) is 0 Å². The first-order valence-corrected chi connectivity index (χ1v) is 5.50. The zero-order valence-electron chi connectivity index (χ0n) is 9.75. The zero-order chi connectivity index (χ0) is 11.9. The van der Waals surface area contributed by atoms with E-state index in [-0.39, 0.29) is 5.66 Å². The molecule has 0 amide bonds. The van der Waals surface area contributed by atoms with Crippen LogP contribution < -0.4 is 5.43 Å². The van der Waals surface area contributed by atoms with Gasteiger partial charge in [-0.3, -0.25) is 5.43 Å². The fourth-order valence-electron chi connectivity index (χ4n) is 1.92. The summed E-state index contributed by atoms with van der Waals surface area (Å²) in [5.41, 5.74) is 5.61. The van der Waals surface area contributed by atoms with Crippen molar-refractivity contribution in [3.8, 4) is 0 Å². The second-order valence-electron chi connectivity index (χ2n) is 4.53. The molecule has 5 nitrogen and oxygen atoms in total. The Balaban J connectivity index is 2.14. The van der Waals surface area contributed by atoms with E-state index in [1.807, 2.05) is 48.9 Å². The molecule has 1 aromatic carbocycles. The standard InChI is InChI=1S/C12H13N5/c1-12(2)15-14-11(9-6-4-3-5-7-9)10-8-13-16-17(10)12/h3-8,15H,1-2H3. The highest BCUT2D eigenvalue weighted by Gasteiger charge is 2.30. The molecule has 17 heavy (non-hydrogen) atoms. The van der Waals surface area contributed by atoms with E-state index in [0.29, 0.717) is 0 Å². The molecule has 0 aliphatic carbocycles. The lowest BCUT2D eigenvalue weighted by molar-refractivity contribution is 0.237. The highest BCUT2D eigenvalue weighted by molar-refractivity contribution is 6.11. The van der Waals surface area contributed by atoms with Crippen LogP contribution >= 0.6 is 0 Å². The Kier molecular flexibility index (Phi) is 2.01. The average Bonchev–Trinajstić information content (AvgIpc) is 2.81. The minimum atomic E-state index is -0.343. The van der Waals surface area contributed by atoms with Crippen LogP contribution in [0.25, 0.3) is 0 Å². The van der Waals surface area contributed by atoms with Crippen molar-refractivity contribution in [2.24, 2.45) is 5.10 Å². The average molecular weight is 227 g/mol. The van der Waals surface area contributed by atoms with E-state index < -0.39 is 0 Å². The molecule has 0 saturated heterocycles. The second kappa shape index (κ2) is 3.41. The SMILES string of the molecule is CC1(C)NN=C(c2ccccc2)c2cnnn21. The van der Waals surface area contributed by atoms with Gasteiger partial charge in [-0.2, -0.15) is 5.10 Å². The van der Waals surface area contributed by atoms with E-state index in [1.54, 1.807) is 6.20 Å². The minimum absolute atomic E-state index is 0.343. The Morgan fingerprint density at radius 3 is 2.71 bits per heavy atom. The molecule has 1 aliphatic heterocycles. The summed E-state index contributed by atoms with van der Waals surface area (Å²) in [4.78, 5) is 0. The molecule has 1 N–H and O–H groups in total. The lowest BCUT2D eigenvalue weighted by atomic mass is 10.1. The molecule has 1 aliphatic rings. The van der Waals surface area contributed by atoms with Gasteiger partial charge in [0.2, 0.25) is 0 Å². The molecule has 5 heteroatoms. The van der Waals surface area contributed by atoms with Crippen LogP contribution in [-0.2, 0) is 5.66 Å². The van der Waals surface area contributed by atoms with Crippen molar-refractivity contribution in [2.75, 3.05) is 0 Å². The van der Waals surface area contributed by atoms with E-state index in [2.05, 4.69) is 20.8 Å². The normalized spacial score (nSPS) is 16.9. The highest BCUT2D eigenvalue weighted by atomic mass is 15.6. The van der Waals surface area contributed by atoms with Crippen molar-refractivity contribution in [2.45, 2.75) is 19.5 Å². The monoisotopic (exact) mass is 227 g/mol.